The van der Waals surface area contributed by atoms with E-state index in [4.69, 9.17) is 0 Å². The Kier molecular flexibility index (Phi) is 4.48. The van der Waals surface area contributed by atoms with Crippen LogP contribution < -0.4 is 4.90 Å². The van der Waals surface area contributed by atoms with Gasteiger partial charge < -0.3 is 4.90 Å². The maximum absolute atomic E-state index is 4.05. The molecule has 1 aliphatic heterocycles. The Bertz CT molecular complexity index is 1160. The molecule has 0 bridgehead atoms. The highest BCUT2D eigenvalue weighted by molar-refractivity contribution is 9.11. The van der Waals surface area contributed by atoms with E-state index in [-0.39, 0.29) is 5.41 Å². The molecule has 1 unspecified atom stereocenters. The lowest BCUT2D eigenvalue weighted by molar-refractivity contribution is 0.535. The molecule has 30 heavy (non-hydrogen) atoms. The van der Waals surface area contributed by atoms with Crippen molar-refractivity contribution in [1.82, 2.24) is 0 Å². The molecule has 0 amide bonds. The lowest BCUT2D eigenvalue weighted by atomic mass is 9.72. The van der Waals surface area contributed by atoms with Crippen molar-refractivity contribution in [1.29, 1.82) is 0 Å². The summed E-state index contributed by atoms with van der Waals surface area (Å²) in [7, 11) is 0. The first-order valence-electron chi connectivity index (χ1n) is 10.8. The van der Waals surface area contributed by atoms with E-state index in [9.17, 15) is 0 Å². The molecule has 152 valence electrons. The van der Waals surface area contributed by atoms with Crippen LogP contribution in [0.2, 0.25) is 0 Å². The van der Waals surface area contributed by atoms with E-state index in [1.807, 2.05) is 0 Å². The van der Waals surface area contributed by atoms with Gasteiger partial charge in [0, 0.05) is 27.0 Å². The predicted molar refractivity (Wildman–Crippen MR) is 131 cm³/mol. The highest BCUT2D eigenvalue weighted by Gasteiger charge is 2.42. The molecule has 1 heterocycles. The summed E-state index contributed by atoms with van der Waals surface area (Å²) in [6.45, 7) is 11.6. The third-order valence-corrected chi connectivity index (χ3v) is 8.11. The molecular formula is C28H28BrN. The van der Waals surface area contributed by atoms with E-state index >= 15 is 0 Å². The van der Waals surface area contributed by atoms with Crippen LogP contribution in [0.4, 0.5) is 5.69 Å². The SMILES string of the molecule is CC1=CC2=C(Br)C3C(=CC2=C1C(C)(C)C1=CC=CC1)N(c1ccccc1)C(C)=C3C. The molecule has 1 aromatic carbocycles. The number of fused-ring (bicyclic) bond motifs is 2. The zero-order valence-electron chi connectivity index (χ0n) is 18.4. The zero-order chi connectivity index (χ0) is 21.2. The van der Waals surface area contributed by atoms with Gasteiger partial charge in [-0.1, -0.05) is 77.9 Å². The number of para-hydroxylation sites is 1. The predicted octanol–water partition coefficient (Wildman–Crippen LogP) is 8.13. The monoisotopic (exact) mass is 457 g/mol. The lowest BCUT2D eigenvalue weighted by Gasteiger charge is -2.33. The topological polar surface area (TPSA) is 3.24 Å². The summed E-state index contributed by atoms with van der Waals surface area (Å²) in [5, 5.41) is 0. The number of benzene rings is 1. The fraction of sp³-hybridized carbons (Fsp3) is 0.286. The van der Waals surface area contributed by atoms with E-state index in [0.717, 1.165) is 6.42 Å². The molecule has 0 radical (unpaired) electrons. The summed E-state index contributed by atoms with van der Waals surface area (Å²) >= 11 is 4.05. The summed E-state index contributed by atoms with van der Waals surface area (Å²) < 4.78 is 1.30. The van der Waals surface area contributed by atoms with E-state index in [1.165, 1.54) is 55.0 Å². The molecule has 1 atom stereocenters. The van der Waals surface area contributed by atoms with Crippen molar-refractivity contribution >= 4 is 21.6 Å². The maximum atomic E-state index is 4.05. The number of nitrogens with zero attached hydrogens (tertiary/aromatic N) is 1. The summed E-state index contributed by atoms with van der Waals surface area (Å²) in [5.74, 6) is 0.294. The van der Waals surface area contributed by atoms with Gasteiger partial charge in [0.15, 0.2) is 0 Å². The zero-order valence-corrected chi connectivity index (χ0v) is 20.0. The molecular weight excluding hydrogens is 430 g/mol. The van der Waals surface area contributed by atoms with Crippen molar-refractivity contribution in [2.75, 3.05) is 4.90 Å². The first-order chi connectivity index (χ1) is 14.3. The first-order valence-corrected chi connectivity index (χ1v) is 11.6. The number of hydrogen-bond donors (Lipinski definition) is 0. The summed E-state index contributed by atoms with van der Waals surface area (Å²) in [6.07, 6.45) is 12.7. The average molecular weight is 458 g/mol. The minimum absolute atomic E-state index is 0.00599. The summed E-state index contributed by atoms with van der Waals surface area (Å²) in [4.78, 5) is 2.44. The second-order valence-corrected chi connectivity index (χ2v) is 10.1. The Morgan fingerprint density at radius 2 is 1.73 bits per heavy atom. The van der Waals surface area contributed by atoms with Crippen molar-refractivity contribution in [2.45, 2.75) is 41.0 Å². The molecule has 1 aromatic rings. The third kappa shape index (κ3) is 2.66. The van der Waals surface area contributed by atoms with Crippen LogP contribution in [0.15, 0.2) is 110 Å². The highest BCUT2D eigenvalue weighted by atomic mass is 79.9. The molecule has 1 nitrogen and oxygen atoms in total. The smallest absolute Gasteiger partial charge is 0.0545 e. The normalized spacial score (nSPS) is 23.2. The summed E-state index contributed by atoms with van der Waals surface area (Å²) in [6, 6.07) is 10.8. The van der Waals surface area contributed by atoms with Crippen LogP contribution in [-0.4, -0.2) is 0 Å². The van der Waals surface area contributed by atoms with Crippen LogP contribution >= 0.6 is 15.9 Å². The van der Waals surface area contributed by atoms with Gasteiger partial charge in [0.2, 0.25) is 0 Å². The van der Waals surface area contributed by atoms with E-state index in [1.54, 1.807) is 0 Å². The van der Waals surface area contributed by atoms with Crippen molar-refractivity contribution < 1.29 is 0 Å². The van der Waals surface area contributed by atoms with Crippen LogP contribution in [-0.2, 0) is 0 Å². The van der Waals surface area contributed by atoms with Crippen LogP contribution in [0.3, 0.4) is 0 Å². The van der Waals surface area contributed by atoms with Gasteiger partial charge in [0.05, 0.1) is 5.92 Å². The van der Waals surface area contributed by atoms with Gasteiger partial charge in [-0.05, 0) is 73.3 Å². The Balaban J connectivity index is 1.71. The highest BCUT2D eigenvalue weighted by Crippen LogP contribution is 2.56. The van der Waals surface area contributed by atoms with Gasteiger partial charge in [0.25, 0.3) is 0 Å². The molecule has 0 aromatic heterocycles. The molecule has 2 heteroatoms. The average Bonchev–Trinajstić information content (AvgIpc) is 3.42. The van der Waals surface area contributed by atoms with Gasteiger partial charge >= 0.3 is 0 Å². The van der Waals surface area contributed by atoms with Crippen LogP contribution in [0.25, 0.3) is 0 Å². The van der Waals surface area contributed by atoms with Crippen molar-refractivity contribution in [3.8, 4) is 0 Å². The van der Waals surface area contributed by atoms with E-state index in [0.29, 0.717) is 5.92 Å². The standard InChI is InChI=1S/C28H28BrN/c1-17-15-23-22(26(17)28(4,5)20-11-9-10-12-20)16-24-25(27(23)29)18(2)19(3)30(24)21-13-7-6-8-14-21/h6-11,13-16,25H,12H2,1-5H3. The third-order valence-electron chi connectivity index (χ3n) is 7.22. The van der Waals surface area contributed by atoms with Gasteiger partial charge in [-0.25, -0.2) is 0 Å². The first kappa shape index (κ1) is 19.6. The van der Waals surface area contributed by atoms with Gasteiger partial charge in [-0.2, -0.15) is 0 Å². The summed E-state index contributed by atoms with van der Waals surface area (Å²) in [5.41, 5.74) is 12.4. The number of halogens is 1. The quantitative estimate of drug-likeness (QED) is 0.442. The molecule has 0 N–H and O–H groups in total. The molecule has 4 aliphatic rings. The Hall–Kier alpha value is -2.32. The second-order valence-electron chi connectivity index (χ2n) is 9.27. The van der Waals surface area contributed by atoms with Crippen molar-refractivity contribution in [3.05, 3.63) is 110 Å². The largest absolute Gasteiger partial charge is 0.317 e. The Morgan fingerprint density at radius 3 is 2.40 bits per heavy atom. The van der Waals surface area contributed by atoms with Gasteiger partial charge in [-0.3, -0.25) is 0 Å². The minimum atomic E-state index is 0.00599. The fourth-order valence-electron chi connectivity index (χ4n) is 5.58. The molecule has 3 aliphatic carbocycles. The number of rotatable bonds is 3. The molecule has 0 saturated carbocycles. The number of allylic oxidation sites excluding steroid dienone is 12. The van der Waals surface area contributed by atoms with E-state index < -0.39 is 0 Å². The number of hydrogen-bond acceptors (Lipinski definition) is 1. The second kappa shape index (κ2) is 6.85. The number of anilines is 1. The van der Waals surface area contributed by atoms with Crippen LogP contribution in [0.5, 0.6) is 0 Å². The Morgan fingerprint density at radius 1 is 1.00 bits per heavy atom. The van der Waals surface area contributed by atoms with Crippen molar-refractivity contribution in [3.63, 3.8) is 0 Å². The van der Waals surface area contributed by atoms with Crippen LogP contribution in [0, 0.1) is 11.3 Å². The molecule has 5 rings (SSSR count). The fourth-order valence-corrected chi connectivity index (χ4v) is 6.49. The van der Waals surface area contributed by atoms with Crippen LogP contribution in [0.1, 0.15) is 41.0 Å². The Labute approximate surface area is 188 Å². The maximum Gasteiger partial charge on any atom is 0.0545 e. The molecule has 0 fully saturated rings. The van der Waals surface area contributed by atoms with E-state index in [2.05, 4.69) is 116 Å². The van der Waals surface area contributed by atoms with Crippen molar-refractivity contribution in [2.24, 2.45) is 11.3 Å². The van der Waals surface area contributed by atoms with Gasteiger partial charge in [0.1, 0.15) is 0 Å². The van der Waals surface area contributed by atoms with Gasteiger partial charge in [-0.15, -0.1) is 0 Å². The lowest BCUT2D eigenvalue weighted by Crippen LogP contribution is -2.23. The minimum Gasteiger partial charge on any atom is -0.317 e. The molecule has 0 saturated heterocycles. The molecule has 0 spiro atoms.